The standard InChI is InChI=1S/C8H10BrN3O/c1-10-5-8(13)12-6-2-3-7(9)11-4-6/h2-4,10H,5H2,1H3,(H,12,13). The molecule has 0 aliphatic carbocycles. The first-order valence-corrected chi connectivity index (χ1v) is 4.57. The molecular weight excluding hydrogens is 234 g/mol. The first-order chi connectivity index (χ1) is 6.22. The largest absolute Gasteiger partial charge is 0.324 e. The van der Waals surface area contributed by atoms with Crippen LogP contribution in [-0.4, -0.2) is 24.5 Å². The van der Waals surface area contributed by atoms with Crippen LogP contribution in [0.2, 0.25) is 0 Å². The minimum Gasteiger partial charge on any atom is -0.324 e. The van der Waals surface area contributed by atoms with Crippen molar-refractivity contribution in [2.75, 3.05) is 18.9 Å². The second kappa shape index (κ2) is 4.94. The molecule has 0 unspecified atom stereocenters. The quantitative estimate of drug-likeness (QED) is 0.780. The Labute approximate surface area is 84.9 Å². The Balaban J connectivity index is 2.54. The van der Waals surface area contributed by atoms with E-state index in [1.54, 1.807) is 25.4 Å². The Morgan fingerprint density at radius 2 is 2.38 bits per heavy atom. The van der Waals surface area contributed by atoms with Crippen molar-refractivity contribution in [2.24, 2.45) is 0 Å². The van der Waals surface area contributed by atoms with Crippen LogP contribution in [0.1, 0.15) is 0 Å². The van der Waals surface area contributed by atoms with Crippen LogP contribution in [0.5, 0.6) is 0 Å². The average molecular weight is 244 g/mol. The molecular formula is C8H10BrN3O. The molecule has 0 atom stereocenters. The molecule has 0 aliphatic rings. The molecule has 1 amide bonds. The molecule has 0 saturated heterocycles. The van der Waals surface area contributed by atoms with Gasteiger partial charge in [0.2, 0.25) is 5.91 Å². The zero-order valence-electron chi connectivity index (χ0n) is 7.17. The lowest BCUT2D eigenvalue weighted by molar-refractivity contribution is -0.115. The number of nitrogens with one attached hydrogen (secondary N) is 2. The van der Waals surface area contributed by atoms with Crippen molar-refractivity contribution in [1.29, 1.82) is 0 Å². The van der Waals surface area contributed by atoms with Crippen molar-refractivity contribution in [3.8, 4) is 0 Å². The molecule has 13 heavy (non-hydrogen) atoms. The van der Waals surface area contributed by atoms with Gasteiger partial charge in [-0.2, -0.15) is 0 Å². The van der Waals surface area contributed by atoms with E-state index in [4.69, 9.17) is 0 Å². The van der Waals surface area contributed by atoms with E-state index in [1.807, 2.05) is 0 Å². The molecule has 0 aromatic carbocycles. The number of anilines is 1. The molecule has 1 heterocycles. The lowest BCUT2D eigenvalue weighted by atomic mass is 10.4. The van der Waals surface area contributed by atoms with Crippen LogP contribution in [-0.2, 0) is 4.79 Å². The number of aromatic nitrogens is 1. The molecule has 0 spiro atoms. The highest BCUT2D eigenvalue weighted by atomic mass is 79.9. The van der Waals surface area contributed by atoms with Crippen LogP contribution in [0.15, 0.2) is 22.9 Å². The molecule has 0 bridgehead atoms. The maximum atomic E-state index is 11.1. The van der Waals surface area contributed by atoms with Crippen LogP contribution in [0.3, 0.4) is 0 Å². The number of hydrogen-bond donors (Lipinski definition) is 2. The summed E-state index contributed by atoms with van der Waals surface area (Å²) in [5.74, 6) is -0.0772. The summed E-state index contributed by atoms with van der Waals surface area (Å²) in [5.41, 5.74) is 0.698. The van der Waals surface area contributed by atoms with Crippen LogP contribution in [0.4, 0.5) is 5.69 Å². The number of hydrogen-bond acceptors (Lipinski definition) is 3. The molecule has 2 N–H and O–H groups in total. The van der Waals surface area contributed by atoms with Crippen LogP contribution >= 0.6 is 15.9 Å². The van der Waals surface area contributed by atoms with E-state index in [0.29, 0.717) is 12.2 Å². The van der Waals surface area contributed by atoms with Gasteiger partial charge >= 0.3 is 0 Å². The monoisotopic (exact) mass is 243 g/mol. The van der Waals surface area contributed by atoms with E-state index in [-0.39, 0.29) is 5.91 Å². The minimum absolute atomic E-state index is 0.0772. The van der Waals surface area contributed by atoms with Crippen molar-refractivity contribution < 1.29 is 4.79 Å². The maximum Gasteiger partial charge on any atom is 0.238 e. The van der Waals surface area contributed by atoms with Gasteiger partial charge in [0, 0.05) is 0 Å². The Kier molecular flexibility index (Phi) is 3.85. The topological polar surface area (TPSA) is 54.0 Å². The fraction of sp³-hybridized carbons (Fsp3) is 0.250. The molecule has 0 aliphatic heterocycles. The van der Waals surface area contributed by atoms with E-state index >= 15 is 0 Å². The summed E-state index contributed by atoms with van der Waals surface area (Å²) >= 11 is 3.21. The normalized spacial score (nSPS) is 9.69. The third kappa shape index (κ3) is 3.52. The highest BCUT2D eigenvalue weighted by Crippen LogP contribution is 2.09. The first kappa shape index (κ1) is 10.1. The average Bonchev–Trinajstić information content (AvgIpc) is 2.09. The molecule has 70 valence electrons. The van der Waals surface area contributed by atoms with Crippen molar-refractivity contribution in [3.05, 3.63) is 22.9 Å². The highest BCUT2D eigenvalue weighted by Gasteiger charge is 1.99. The maximum absolute atomic E-state index is 11.1. The summed E-state index contributed by atoms with van der Waals surface area (Å²) in [7, 11) is 1.72. The summed E-state index contributed by atoms with van der Waals surface area (Å²) in [4.78, 5) is 15.1. The molecule has 1 aromatic heterocycles. The van der Waals surface area contributed by atoms with Crippen LogP contribution in [0.25, 0.3) is 0 Å². The van der Waals surface area contributed by atoms with Gasteiger partial charge in [-0.3, -0.25) is 4.79 Å². The Hall–Kier alpha value is -0.940. The van der Waals surface area contributed by atoms with Crippen molar-refractivity contribution in [2.45, 2.75) is 0 Å². The number of carbonyl (C=O) groups is 1. The Bertz CT molecular complexity index is 286. The van der Waals surface area contributed by atoms with Gasteiger partial charge in [-0.15, -0.1) is 0 Å². The van der Waals surface area contributed by atoms with Crippen molar-refractivity contribution in [3.63, 3.8) is 0 Å². The number of rotatable bonds is 3. The van der Waals surface area contributed by atoms with E-state index < -0.39 is 0 Å². The van der Waals surface area contributed by atoms with Gasteiger partial charge in [-0.25, -0.2) is 4.98 Å². The smallest absolute Gasteiger partial charge is 0.238 e. The van der Waals surface area contributed by atoms with Crippen molar-refractivity contribution >= 4 is 27.5 Å². The number of halogens is 1. The third-order valence-corrected chi connectivity index (χ3v) is 1.82. The van der Waals surface area contributed by atoms with Crippen LogP contribution in [0, 0.1) is 0 Å². The molecule has 1 rings (SSSR count). The summed E-state index contributed by atoms with van der Waals surface area (Å²) in [6.07, 6.45) is 1.59. The van der Waals surface area contributed by atoms with Crippen LogP contribution < -0.4 is 10.6 Å². The van der Waals surface area contributed by atoms with Gasteiger partial charge in [0.1, 0.15) is 4.60 Å². The fourth-order valence-electron chi connectivity index (χ4n) is 0.815. The third-order valence-electron chi connectivity index (χ3n) is 1.35. The summed E-state index contributed by atoms with van der Waals surface area (Å²) in [6.45, 7) is 0.302. The van der Waals surface area contributed by atoms with E-state index in [1.165, 1.54) is 0 Å². The van der Waals surface area contributed by atoms with Crippen molar-refractivity contribution in [1.82, 2.24) is 10.3 Å². The fourth-order valence-corrected chi connectivity index (χ4v) is 1.05. The highest BCUT2D eigenvalue weighted by molar-refractivity contribution is 9.10. The zero-order valence-corrected chi connectivity index (χ0v) is 8.76. The van der Waals surface area contributed by atoms with Gasteiger partial charge in [0.05, 0.1) is 18.4 Å². The lowest BCUT2D eigenvalue weighted by Gasteiger charge is -2.03. The molecule has 1 aromatic rings. The second-order valence-electron chi connectivity index (χ2n) is 2.45. The minimum atomic E-state index is -0.0772. The van der Waals surface area contributed by atoms with Gasteiger partial charge in [-0.1, -0.05) is 0 Å². The SMILES string of the molecule is CNCC(=O)Nc1ccc(Br)nc1. The summed E-state index contributed by atoms with van der Waals surface area (Å²) in [5, 5.41) is 5.44. The molecule has 5 heteroatoms. The molecule has 0 saturated carbocycles. The van der Waals surface area contributed by atoms with Gasteiger partial charge in [0.25, 0.3) is 0 Å². The van der Waals surface area contributed by atoms with E-state index in [9.17, 15) is 4.79 Å². The molecule has 4 nitrogen and oxygen atoms in total. The number of nitrogens with zero attached hydrogens (tertiary/aromatic N) is 1. The van der Waals surface area contributed by atoms with E-state index in [0.717, 1.165) is 4.60 Å². The first-order valence-electron chi connectivity index (χ1n) is 3.78. The van der Waals surface area contributed by atoms with Gasteiger partial charge in [0.15, 0.2) is 0 Å². The number of amides is 1. The number of likely N-dealkylation sites (N-methyl/N-ethyl adjacent to an activating group) is 1. The number of carbonyl (C=O) groups excluding carboxylic acids is 1. The van der Waals surface area contributed by atoms with Gasteiger partial charge < -0.3 is 10.6 Å². The Morgan fingerprint density at radius 1 is 1.62 bits per heavy atom. The molecule has 0 fully saturated rings. The predicted octanol–water partition coefficient (Wildman–Crippen LogP) is 1.00. The van der Waals surface area contributed by atoms with E-state index in [2.05, 4.69) is 31.5 Å². The summed E-state index contributed by atoms with van der Waals surface area (Å²) in [6, 6.07) is 3.56. The number of pyridine rings is 1. The zero-order chi connectivity index (χ0) is 9.68. The summed E-state index contributed by atoms with van der Waals surface area (Å²) < 4.78 is 0.749. The predicted molar refractivity (Wildman–Crippen MR) is 54.5 cm³/mol. The Morgan fingerprint density at radius 3 is 2.92 bits per heavy atom. The van der Waals surface area contributed by atoms with Gasteiger partial charge in [-0.05, 0) is 35.1 Å². The lowest BCUT2D eigenvalue weighted by Crippen LogP contribution is -2.25. The molecule has 0 radical (unpaired) electrons. The second-order valence-corrected chi connectivity index (χ2v) is 3.26.